The summed E-state index contributed by atoms with van der Waals surface area (Å²) in [5.74, 6) is 0.0675. The van der Waals surface area contributed by atoms with E-state index in [2.05, 4.69) is 41.4 Å². The third-order valence-corrected chi connectivity index (χ3v) is 3.82. The molecular weight excluding hydrogens is 278 g/mol. The van der Waals surface area contributed by atoms with Crippen LogP contribution < -0.4 is 11.1 Å². The van der Waals surface area contributed by atoms with Gasteiger partial charge in [0.05, 0.1) is 12.7 Å². The maximum Gasteiger partial charge on any atom is 0.220 e. The van der Waals surface area contributed by atoms with Crippen LogP contribution in [0.15, 0.2) is 24.3 Å². The zero-order chi connectivity index (χ0) is 15.8. The highest BCUT2D eigenvalue weighted by Gasteiger charge is 2.16. The molecule has 1 atom stereocenters. The molecule has 1 aliphatic heterocycles. The number of ether oxygens (including phenoxy) is 1. The number of morpholine rings is 1. The third-order valence-electron chi connectivity index (χ3n) is 3.82. The van der Waals surface area contributed by atoms with Gasteiger partial charge in [0.25, 0.3) is 0 Å². The minimum atomic E-state index is 0.0675. The summed E-state index contributed by atoms with van der Waals surface area (Å²) in [6.07, 6.45) is 1.54. The van der Waals surface area contributed by atoms with Crippen molar-refractivity contribution in [3.63, 3.8) is 0 Å². The van der Waals surface area contributed by atoms with E-state index in [1.165, 1.54) is 5.56 Å². The molecule has 0 aromatic heterocycles. The molecule has 1 aromatic rings. The zero-order valence-corrected chi connectivity index (χ0v) is 13.4. The van der Waals surface area contributed by atoms with E-state index in [1.54, 1.807) is 0 Å². The number of benzene rings is 1. The lowest BCUT2D eigenvalue weighted by Crippen LogP contribution is -2.40. The highest BCUT2D eigenvalue weighted by atomic mass is 16.5. The molecule has 1 fully saturated rings. The van der Waals surface area contributed by atoms with Gasteiger partial charge < -0.3 is 15.8 Å². The summed E-state index contributed by atoms with van der Waals surface area (Å²) in [6.45, 7) is 6.93. The number of hydrogen-bond donors (Lipinski definition) is 2. The minimum Gasteiger partial charge on any atom is -0.376 e. The van der Waals surface area contributed by atoms with Gasteiger partial charge in [-0.15, -0.1) is 0 Å². The number of hydrogen-bond acceptors (Lipinski definition) is 4. The monoisotopic (exact) mass is 305 g/mol. The van der Waals surface area contributed by atoms with Gasteiger partial charge in [-0.1, -0.05) is 24.3 Å². The SMILES string of the molecule is CC1CN(Cc2cccc(CNC(=O)CCCN)c2)CCO1. The lowest BCUT2D eigenvalue weighted by Gasteiger charge is -2.31. The Morgan fingerprint density at radius 2 is 2.27 bits per heavy atom. The van der Waals surface area contributed by atoms with E-state index in [0.717, 1.165) is 38.2 Å². The summed E-state index contributed by atoms with van der Waals surface area (Å²) in [6, 6.07) is 8.42. The van der Waals surface area contributed by atoms with Gasteiger partial charge in [-0.05, 0) is 31.0 Å². The van der Waals surface area contributed by atoms with E-state index in [9.17, 15) is 4.79 Å². The van der Waals surface area contributed by atoms with Gasteiger partial charge in [-0.3, -0.25) is 9.69 Å². The van der Waals surface area contributed by atoms with Crippen molar-refractivity contribution in [1.29, 1.82) is 0 Å². The number of nitrogens with two attached hydrogens (primary N) is 1. The van der Waals surface area contributed by atoms with Crippen molar-refractivity contribution in [3.8, 4) is 0 Å². The molecule has 1 unspecified atom stereocenters. The topological polar surface area (TPSA) is 67.6 Å². The van der Waals surface area contributed by atoms with Crippen LogP contribution >= 0.6 is 0 Å². The fourth-order valence-electron chi connectivity index (χ4n) is 2.68. The Morgan fingerprint density at radius 3 is 3.05 bits per heavy atom. The molecule has 1 heterocycles. The van der Waals surface area contributed by atoms with E-state index in [1.807, 2.05) is 0 Å². The number of rotatable bonds is 7. The van der Waals surface area contributed by atoms with Crippen LogP contribution in [0.1, 0.15) is 30.9 Å². The lowest BCUT2D eigenvalue weighted by atomic mass is 10.1. The second-order valence-corrected chi connectivity index (χ2v) is 5.91. The Morgan fingerprint density at radius 1 is 1.45 bits per heavy atom. The highest BCUT2D eigenvalue weighted by Crippen LogP contribution is 2.12. The molecule has 3 N–H and O–H groups in total. The van der Waals surface area contributed by atoms with E-state index in [0.29, 0.717) is 25.6 Å². The Hall–Kier alpha value is -1.43. The highest BCUT2D eigenvalue weighted by molar-refractivity contribution is 5.75. The predicted octanol–water partition coefficient (Wildman–Crippen LogP) is 1.26. The predicted molar refractivity (Wildman–Crippen MR) is 87.3 cm³/mol. The first-order valence-electron chi connectivity index (χ1n) is 8.06. The summed E-state index contributed by atoms with van der Waals surface area (Å²) in [5.41, 5.74) is 7.83. The summed E-state index contributed by atoms with van der Waals surface area (Å²) >= 11 is 0. The first-order chi connectivity index (χ1) is 10.7. The van der Waals surface area contributed by atoms with Crippen LogP contribution in [0.3, 0.4) is 0 Å². The van der Waals surface area contributed by atoms with E-state index >= 15 is 0 Å². The molecular formula is C17H27N3O2. The fourth-order valence-corrected chi connectivity index (χ4v) is 2.68. The number of nitrogens with zero attached hydrogens (tertiary/aromatic N) is 1. The van der Waals surface area contributed by atoms with Crippen LogP contribution in [0.2, 0.25) is 0 Å². The zero-order valence-electron chi connectivity index (χ0n) is 13.4. The largest absolute Gasteiger partial charge is 0.376 e. The number of amides is 1. The standard InChI is InChI=1S/C17H27N3O2/c1-14-12-20(8-9-22-14)13-16-5-2-4-15(10-16)11-19-17(21)6-3-7-18/h2,4-5,10,14H,3,6-9,11-13,18H2,1H3,(H,19,21). The average molecular weight is 305 g/mol. The van der Waals surface area contributed by atoms with Crippen LogP contribution in [0.5, 0.6) is 0 Å². The first kappa shape index (κ1) is 16.9. The van der Waals surface area contributed by atoms with Crippen molar-refractivity contribution in [3.05, 3.63) is 35.4 Å². The molecule has 5 heteroatoms. The van der Waals surface area contributed by atoms with Gasteiger partial charge >= 0.3 is 0 Å². The Kier molecular flexibility index (Phi) is 6.83. The molecule has 2 rings (SSSR count). The quantitative estimate of drug-likeness (QED) is 0.796. The molecule has 1 amide bonds. The van der Waals surface area contributed by atoms with Crippen LogP contribution in [0.4, 0.5) is 0 Å². The van der Waals surface area contributed by atoms with Gasteiger partial charge in [-0.2, -0.15) is 0 Å². The van der Waals surface area contributed by atoms with Gasteiger partial charge in [0, 0.05) is 32.6 Å². The maximum absolute atomic E-state index is 11.6. The molecule has 122 valence electrons. The van der Waals surface area contributed by atoms with Gasteiger partial charge in [0.15, 0.2) is 0 Å². The van der Waals surface area contributed by atoms with E-state index < -0.39 is 0 Å². The molecule has 0 aliphatic carbocycles. The molecule has 0 radical (unpaired) electrons. The third kappa shape index (κ3) is 5.75. The second kappa shape index (κ2) is 8.88. The molecule has 0 bridgehead atoms. The van der Waals surface area contributed by atoms with Gasteiger partial charge in [0.2, 0.25) is 5.91 Å². The minimum absolute atomic E-state index is 0.0675. The fraction of sp³-hybridized carbons (Fsp3) is 0.588. The molecule has 1 aliphatic rings. The smallest absolute Gasteiger partial charge is 0.220 e. The Balaban J connectivity index is 1.83. The summed E-state index contributed by atoms with van der Waals surface area (Å²) < 4.78 is 5.57. The summed E-state index contributed by atoms with van der Waals surface area (Å²) in [5, 5.41) is 2.94. The van der Waals surface area contributed by atoms with Crippen molar-refractivity contribution in [2.24, 2.45) is 5.73 Å². The normalized spacial score (nSPS) is 19.1. The van der Waals surface area contributed by atoms with E-state index in [-0.39, 0.29) is 5.91 Å². The van der Waals surface area contributed by atoms with E-state index in [4.69, 9.17) is 10.5 Å². The van der Waals surface area contributed by atoms with Crippen molar-refractivity contribution < 1.29 is 9.53 Å². The van der Waals surface area contributed by atoms with Crippen molar-refractivity contribution in [2.75, 3.05) is 26.2 Å². The molecule has 0 saturated carbocycles. The van der Waals surface area contributed by atoms with Crippen LogP contribution in [-0.2, 0) is 22.6 Å². The van der Waals surface area contributed by atoms with Gasteiger partial charge in [0.1, 0.15) is 0 Å². The number of carbonyl (C=O) groups excluding carboxylic acids is 1. The maximum atomic E-state index is 11.6. The van der Waals surface area contributed by atoms with Crippen molar-refractivity contribution in [1.82, 2.24) is 10.2 Å². The summed E-state index contributed by atoms with van der Waals surface area (Å²) in [4.78, 5) is 14.0. The van der Waals surface area contributed by atoms with Gasteiger partial charge in [-0.25, -0.2) is 0 Å². The molecule has 1 saturated heterocycles. The summed E-state index contributed by atoms with van der Waals surface area (Å²) in [7, 11) is 0. The lowest BCUT2D eigenvalue weighted by molar-refractivity contribution is -0.121. The van der Waals surface area contributed by atoms with Crippen LogP contribution in [-0.4, -0.2) is 43.2 Å². The van der Waals surface area contributed by atoms with Crippen molar-refractivity contribution >= 4 is 5.91 Å². The average Bonchev–Trinajstić information content (AvgIpc) is 2.51. The molecule has 0 spiro atoms. The Bertz CT molecular complexity index is 479. The number of carbonyl (C=O) groups is 1. The molecule has 1 aromatic carbocycles. The molecule has 5 nitrogen and oxygen atoms in total. The van der Waals surface area contributed by atoms with Crippen LogP contribution in [0, 0.1) is 0 Å². The first-order valence-corrected chi connectivity index (χ1v) is 8.06. The second-order valence-electron chi connectivity index (χ2n) is 5.91. The van der Waals surface area contributed by atoms with Crippen molar-refractivity contribution in [2.45, 2.75) is 39.0 Å². The molecule has 22 heavy (non-hydrogen) atoms. The Labute approximate surface area is 132 Å². The number of nitrogens with one attached hydrogen (secondary N) is 1. The van der Waals surface area contributed by atoms with Crippen LogP contribution in [0.25, 0.3) is 0 Å².